The minimum Gasteiger partial charge on any atom is -0.333 e. The van der Waals surface area contributed by atoms with Gasteiger partial charge >= 0.3 is 0 Å². The van der Waals surface area contributed by atoms with Crippen molar-refractivity contribution in [3.8, 4) is 0 Å². The van der Waals surface area contributed by atoms with Gasteiger partial charge in [-0.3, -0.25) is 9.48 Å². The molecule has 2 aromatic rings. The van der Waals surface area contributed by atoms with E-state index in [4.69, 9.17) is 0 Å². The molecule has 3 atom stereocenters. The van der Waals surface area contributed by atoms with Gasteiger partial charge in [-0.1, -0.05) is 0 Å². The van der Waals surface area contributed by atoms with Crippen LogP contribution in [0.5, 0.6) is 0 Å². The molecule has 5 nitrogen and oxygen atoms in total. The van der Waals surface area contributed by atoms with Crippen molar-refractivity contribution in [2.75, 3.05) is 6.54 Å². The minimum absolute atomic E-state index is 0.143. The van der Waals surface area contributed by atoms with Gasteiger partial charge < -0.3 is 4.90 Å². The highest BCUT2D eigenvalue weighted by Gasteiger charge is 2.48. The number of hydrogen-bond acceptors (Lipinski definition) is 4. The van der Waals surface area contributed by atoms with Crippen LogP contribution in [0, 0.1) is 5.92 Å². The number of aryl methyl sites for hydroxylation is 1. The Morgan fingerprint density at radius 2 is 2.32 bits per heavy atom. The first kappa shape index (κ1) is 13.9. The molecule has 2 fully saturated rings. The van der Waals surface area contributed by atoms with E-state index in [9.17, 15) is 4.79 Å². The molecule has 0 aromatic carbocycles. The number of rotatable bonds is 3. The van der Waals surface area contributed by atoms with Crippen molar-refractivity contribution in [1.29, 1.82) is 0 Å². The molecule has 1 amide bonds. The third-order valence-electron chi connectivity index (χ3n) is 4.78. The maximum absolute atomic E-state index is 12.9. The summed E-state index contributed by atoms with van der Waals surface area (Å²) in [5.74, 6) is 0.818. The van der Waals surface area contributed by atoms with Crippen molar-refractivity contribution in [3.63, 3.8) is 0 Å². The van der Waals surface area contributed by atoms with Crippen molar-refractivity contribution in [2.45, 2.75) is 37.6 Å². The molecule has 0 unspecified atom stereocenters. The third kappa shape index (κ3) is 2.45. The van der Waals surface area contributed by atoms with Crippen LogP contribution in [0.4, 0.5) is 0 Å². The molecule has 0 spiro atoms. The van der Waals surface area contributed by atoms with Crippen LogP contribution in [0.1, 0.15) is 48.2 Å². The van der Waals surface area contributed by atoms with E-state index in [0.29, 0.717) is 11.8 Å². The largest absolute Gasteiger partial charge is 0.333 e. The Labute approximate surface area is 134 Å². The summed E-state index contributed by atoms with van der Waals surface area (Å²) in [7, 11) is 1.92. The van der Waals surface area contributed by atoms with Crippen LogP contribution >= 0.6 is 11.3 Å². The van der Waals surface area contributed by atoms with E-state index in [-0.39, 0.29) is 12.0 Å². The number of amides is 1. The van der Waals surface area contributed by atoms with Crippen LogP contribution in [0.15, 0.2) is 24.0 Å². The zero-order valence-electron chi connectivity index (χ0n) is 12.7. The number of carbonyl (C=O) groups excluding carboxylic acids is 1. The van der Waals surface area contributed by atoms with Gasteiger partial charge in [0.05, 0.1) is 12.2 Å². The summed E-state index contributed by atoms with van der Waals surface area (Å²) in [6.07, 6.45) is 10.1. The number of aromatic nitrogens is 3. The lowest BCUT2D eigenvalue weighted by atomic mass is 10.0. The van der Waals surface area contributed by atoms with Gasteiger partial charge in [0.15, 0.2) is 0 Å². The van der Waals surface area contributed by atoms with Crippen molar-refractivity contribution >= 4 is 17.2 Å². The molecule has 2 aromatic heterocycles. The highest BCUT2D eigenvalue weighted by atomic mass is 32.1. The molecule has 22 heavy (non-hydrogen) atoms. The molecular formula is C16H20N4OS. The zero-order chi connectivity index (χ0) is 15.1. The summed E-state index contributed by atoms with van der Waals surface area (Å²) < 4.78 is 1.81. The molecule has 1 saturated heterocycles. The van der Waals surface area contributed by atoms with Crippen molar-refractivity contribution in [3.05, 3.63) is 34.5 Å². The quantitative estimate of drug-likeness (QED) is 0.875. The maximum Gasteiger partial charge on any atom is 0.226 e. The average molecular weight is 316 g/mol. The Morgan fingerprint density at radius 1 is 1.41 bits per heavy atom. The SMILES string of the molecule is Cn1cc([C@@H]2C[C@H]2C(=O)N2CCCC[C@H]2c2nccs2)cn1. The second-order valence-electron chi connectivity index (χ2n) is 6.31. The van der Waals surface area contributed by atoms with E-state index in [2.05, 4.69) is 15.0 Å². The van der Waals surface area contributed by atoms with Crippen molar-refractivity contribution in [2.24, 2.45) is 13.0 Å². The molecule has 0 N–H and O–H groups in total. The molecule has 0 bridgehead atoms. The van der Waals surface area contributed by atoms with Crippen LogP contribution in [0.25, 0.3) is 0 Å². The molecular weight excluding hydrogens is 296 g/mol. The van der Waals surface area contributed by atoms with E-state index in [1.807, 2.05) is 35.7 Å². The Bertz CT molecular complexity index is 666. The molecule has 116 valence electrons. The zero-order valence-corrected chi connectivity index (χ0v) is 13.5. The standard InChI is InChI=1S/C16H20N4OS/c1-19-10-11(9-18-19)12-8-13(12)16(21)20-6-3-2-4-14(20)15-17-5-7-22-15/h5,7,9-10,12-14H,2-4,6,8H2,1H3/t12-,13+,14-/m0/s1. The number of piperidine rings is 1. The normalized spacial score (nSPS) is 27.9. The predicted molar refractivity (Wildman–Crippen MR) is 84.5 cm³/mol. The van der Waals surface area contributed by atoms with Crippen LogP contribution in [0.2, 0.25) is 0 Å². The Hall–Kier alpha value is -1.69. The summed E-state index contributed by atoms with van der Waals surface area (Å²) in [5.41, 5.74) is 1.20. The summed E-state index contributed by atoms with van der Waals surface area (Å²) >= 11 is 1.66. The number of thiazole rings is 1. The average Bonchev–Trinajstić information content (AvgIpc) is 2.95. The fraction of sp³-hybridized carbons (Fsp3) is 0.562. The van der Waals surface area contributed by atoms with E-state index >= 15 is 0 Å². The summed E-state index contributed by atoms with van der Waals surface area (Å²) in [6, 6.07) is 0.191. The first-order chi connectivity index (χ1) is 10.7. The van der Waals surface area contributed by atoms with Crippen LogP contribution in [0.3, 0.4) is 0 Å². The van der Waals surface area contributed by atoms with E-state index in [0.717, 1.165) is 30.8 Å². The van der Waals surface area contributed by atoms with Gasteiger partial charge in [0.1, 0.15) is 5.01 Å². The number of likely N-dealkylation sites (tertiary alicyclic amines) is 1. The monoisotopic (exact) mass is 316 g/mol. The van der Waals surface area contributed by atoms with Gasteiger partial charge in [0.25, 0.3) is 0 Å². The topological polar surface area (TPSA) is 51.0 Å². The van der Waals surface area contributed by atoms with Gasteiger partial charge in [-0.2, -0.15) is 5.10 Å². The Morgan fingerprint density at radius 3 is 3.05 bits per heavy atom. The second kappa shape index (κ2) is 5.50. The molecule has 0 radical (unpaired) electrons. The lowest BCUT2D eigenvalue weighted by Gasteiger charge is -2.34. The summed E-state index contributed by atoms with van der Waals surface area (Å²) in [5, 5.41) is 7.31. The molecule has 3 heterocycles. The minimum atomic E-state index is 0.143. The lowest BCUT2D eigenvalue weighted by Crippen LogP contribution is -2.39. The summed E-state index contributed by atoms with van der Waals surface area (Å²) in [4.78, 5) is 19.5. The Kier molecular flexibility index (Phi) is 3.48. The molecule has 4 rings (SSSR count). The lowest BCUT2D eigenvalue weighted by molar-refractivity contribution is -0.136. The smallest absolute Gasteiger partial charge is 0.226 e. The van der Waals surface area contributed by atoms with Crippen molar-refractivity contribution < 1.29 is 4.79 Å². The van der Waals surface area contributed by atoms with Crippen LogP contribution in [-0.2, 0) is 11.8 Å². The number of hydrogen-bond donors (Lipinski definition) is 0. The van der Waals surface area contributed by atoms with Gasteiger partial charge in [-0.25, -0.2) is 4.98 Å². The highest BCUT2D eigenvalue weighted by molar-refractivity contribution is 7.09. The molecule has 1 aliphatic heterocycles. The number of nitrogens with zero attached hydrogens (tertiary/aromatic N) is 4. The first-order valence-corrected chi connectivity index (χ1v) is 8.80. The van der Waals surface area contributed by atoms with Crippen LogP contribution < -0.4 is 0 Å². The van der Waals surface area contributed by atoms with Gasteiger partial charge in [0, 0.05) is 37.3 Å². The second-order valence-corrected chi connectivity index (χ2v) is 7.24. The summed E-state index contributed by atoms with van der Waals surface area (Å²) in [6.45, 7) is 0.874. The molecule has 2 aliphatic rings. The Balaban J connectivity index is 1.50. The van der Waals surface area contributed by atoms with Gasteiger partial charge in [0.2, 0.25) is 5.91 Å². The maximum atomic E-state index is 12.9. The van der Waals surface area contributed by atoms with Crippen LogP contribution in [-0.4, -0.2) is 32.1 Å². The molecule has 6 heteroatoms. The fourth-order valence-electron chi connectivity index (χ4n) is 3.53. The third-order valence-corrected chi connectivity index (χ3v) is 5.66. The van der Waals surface area contributed by atoms with Gasteiger partial charge in [-0.05, 0) is 37.2 Å². The predicted octanol–water partition coefficient (Wildman–Crippen LogP) is 2.73. The van der Waals surface area contributed by atoms with E-state index in [1.165, 1.54) is 12.0 Å². The first-order valence-electron chi connectivity index (χ1n) is 7.92. The molecule has 1 aliphatic carbocycles. The van der Waals surface area contributed by atoms with Crippen molar-refractivity contribution in [1.82, 2.24) is 19.7 Å². The van der Waals surface area contributed by atoms with E-state index in [1.54, 1.807) is 11.3 Å². The highest BCUT2D eigenvalue weighted by Crippen LogP contribution is 2.49. The van der Waals surface area contributed by atoms with Gasteiger partial charge in [-0.15, -0.1) is 11.3 Å². The fourth-order valence-corrected chi connectivity index (χ4v) is 4.32. The number of carbonyl (C=O) groups is 1. The van der Waals surface area contributed by atoms with E-state index < -0.39 is 0 Å². The molecule has 1 saturated carbocycles.